The number of hydrogen-bond donors (Lipinski definition) is 2. The number of nitrogens with one attached hydrogen (secondary N) is 2. The first-order valence-corrected chi connectivity index (χ1v) is 5.52. The third-order valence-corrected chi connectivity index (χ3v) is 2.54. The Morgan fingerprint density at radius 1 is 1.20 bits per heavy atom. The van der Waals surface area contributed by atoms with Crippen LogP contribution >= 0.6 is 0 Å². The topological polar surface area (TPSA) is 24.1 Å². The van der Waals surface area contributed by atoms with E-state index in [1.807, 2.05) is 6.20 Å². The fourth-order valence-corrected chi connectivity index (χ4v) is 1.83. The number of benzene rings is 1. The molecule has 0 aromatic heterocycles. The van der Waals surface area contributed by atoms with E-state index in [1.54, 1.807) is 0 Å². The molecule has 1 aliphatic heterocycles. The van der Waals surface area contributed by atoms with Crippen molar-refractivity contribution in [2.45, 2.75) is 20.3 Å². The van der Waals surface area contributed by atoms with E-state index < -0.39 is 0 Å². The second-order valence-corrected chi connectivity index (χ2v) is 4.41. The van der Waals surface area contributed by atoms with Crippen LogP contribution in [0.25, 0.3) is 5.70 Å². The summed E-state index contributed by atoms with van der Waals surface area (Å²) in [5, 5.41) is 6.43. The number of rotatable bonds is 3. The molecule has 1 aromatic carbocycles. The van der Waals surface area contributed by atoms with E-state index in [2.05, 4.69) is 48.7 Å². The minimum Gasteiger partial charge on any atom is -0.372 e. The largest absolute Gasteiger partial charge is 0.372 e. The molecule has 0 spiro atoms. The van der Waals surface area contributed by atoms with Gasteiger partial charge in [0, 0.05) is 6.20 Å². The van der Waals surface area contributed by atoms with Gasteiger partial charge in [-0.05, 0) is 23.5 Å². The van der Waals surface area contributed by atoms with Gasteiger partial charge in [-0.25, -0.2) is 0 Å². The normalized spacial score (nSPS) is 14.7. The van der Waals surface area contributed by atoms with Crippen LogP contribution in [0.5, 0.6) is 0 Å². The van der Waals surface area contributed by atoms with Gasteiger partial charge < -0.3 is 10.6 Å². The van der Waals surface area contributed by atoms with Crippen LogP contribution < -0.4 is 10.6 Å². The van der Waals surface area contributed by atoms with Gasteiger partial charge in [0.15, 0.2) is 0 Å². The lowest BCUT2D eigenvalue weighted by Gasteiger charge is -2.07. The molecule has 15 heavy (non-hydrogen) atoms. The van der Waals surface area contributed by atoms with Gasteiger partial charge in [-0.15, -0.1) is 0 Å². The van der Waals surface area contributed by atoms with E-state index in [9.17, 15) is 0 Å². The monoisotopic (exact) mass is 202 g/mol. The highest BCUT2D eigenvalue weighted by molar-refractivity contribution is 5.65. The van der Waals surface area contributed by atoms with Crippen LogP contribution in [0.3, 0.4) is 0 Å². The molecule has 1 aliphatic rings. The van der Waals surface area contributed by atoms with Gasteiger partial charge in [-0.3, -0.25) is 0 Å². The number of hydrogen-bond acceptors (Lipinski definition) is 2. The summed E-state index contributed by atoms with van der Waals surface area (Å²) in [5.74, 6) is 0.723. The molecule has 0 aliphatic carbocycles. The van der Waals surface area contributed by atoms with Crippen LogP contribution in [-0.2, 0) is 6.42 Å². The zero-order valence-electron chi connectivity index (χ0n) is 9.38. The van der Waals surface area contributed by atoms with E-state index in [0.29, 0.717) is 0 Å². The minimum atomic E-state index is 0.723. The predicted molar refractivity (Wildman–Crippen MR) is 64.1 cm³/mol. The van der Waals surface area contributed by atoms with E-state index in [-0.39, 0.29) is 0 Å². The van der Waals surface area contributed by atoms with Crippen molar-refractivity contribution < 1.29 is 0 Å². The first-order chi connectivity index (χ1) is 7.25. The summed E-state index contributed by atoms with van der Waals surface area (Å²) in [6.07, 6.45) is 3.18. The average Bonchev–Trinajstić information content (AvgIpc) is 2.71. The van der Waals surface area contributed by atoms with Crippen LogP contribution in [-0.4, -0.2) is 6.67 Å². The molecule has 2 nitrogen and oxygen atoms in total. The van der Waals surface area contributed by atoms with Crippen LogP contribution in [0.2, 0.25) is 0 Å². The molecule has 0 fully saturated rings. The van der Waals surface area contributed by atoms with E-state index >= 15 is 0 Å². The smallest absolute Gasteiger partial charge is 0.0846 e. The highest BCUT2D eigenvalue weighted by atomic mass is 15.1. The van der Waals surface area contributed by atoms with Crippen molar-refractivity contribution in [3.8, 4) is 0 Å². The van der Waals surface area contributed by atoms with Gasteiger partial charge in [0.2, 0.25) is 0 Å². The quantitative estimate of drug-likeness (QED) is 0.786. The van der Waals surface area contributed by atoms with Crippen LogP contribution in [0.15, 0.2) is 30.5 Å². The Bertz CT molecular complexity index is 349. The van der Waals surface area contributed by atoms with Gasteiger partial charge in [0.25, 0.3) is 0 Å². The van der Waals surface area contributed by atoms with Gasteiger partial charge in [-0.2, -0.15) is 0 Å². The molecule has 0 unspecified atom stereocenters. The van der Waals surface area contributed by atoms with Crippen molar-refractivity contribution in [2.75, 3.05) is 6.67 Å². The summed E-state index contributed by atoms with van der Waals surface area (Å²) < 4.78 is 0. The summed E-state index contributed by atoms with van der Waals surface area (Å²) >= 11 is 0. The van der Waals surface area contributed by atoms with Crippen LogP contribution in [0.4, 0.5) is 0 Å². The lowest BCUT2D eigenvalue weighted by molar-refractivity contribution is 0.647. The molecule has 2 heteroatoms. The Kier molecular flexibility index (Phi) is 2.95. The van der Waals surface area contributed by atoms with Crippen molar-refractivity contribution in [1.82, 2.24) is 10.6 Å². The van der Waals surface area contributed by atoms with E-state index in [4.69, 9.17) is 0 Å². The Balaban J connectivity index is 2.10. The minimum absolute atomic E-state index is 0.723. The maximum atomic E-state index is 3.28. The highest BCUT2D eigenvalue weighted by Crippen LogP contribution is 2.15. The molecule has 0 radical (unpaired) electrons. The fraction of sp³-hybridized carbons (Fsp3) is 0.385. The summed E-state index contributed by atoms with van der Waals surface area (Å²) in [4.78, 5) is 0. The van der Waals surface area contributed by atoms with Crippen molar-refractivity contribution >= 4 is 5.70 Å². The maximum absolute atomic E-state index is 3.28. The second kappa shape index (κ2) is 4.39. The summed E-state index contributed by atoms with van der Waals surface area (Å²) in [7, 11) is 0. The SMILES string of the molecule is CC(C)Cc1ccc(C2=CNCN2)cc1. The van der Waals surface area contributed by atoms with Crippen molar-refractivity contribution in [2.24, 2.45) is 5.92 Å². The lowest BCUT2D eigenvalue weighted by Crippen LogP contribution is -2.13. The zero-order valence-corrected chi connectivity index (χ0v) is 9.38. The molecule has 80 valence electrons. The molecular weight excluding hydrogens is 184 g/mol. The standard InChI is InChI=1S/C13H18N2/c1-10(2)7-11-3-5-12(6-4-11)13-8-14-9-15-13/h3-6,8,10,14-15H,7,9H2,1-2H3. The van der Waals surface area contributed by atoms with Crippen molar-refractivity contribution in [1.29, 1.82) is 0 Å². The lowest BCUT2D eigenvalue weighted by atomic mass is 10.0. The first-order valence-electron chi connectivity index (χ1n) is 5.52. The molecule has 1 aromatic rings. The Morgan fingerprint density at radius 2 is 1.93 bits per heavy atom. The van der Waals surface area contributed by atoms with Gasteiger partial charge in [0.05, 0.1) is 12.4 Å². The summed E-state index contributed by atoms with van der Waals surface area (Å²) in [5.41, 5.74) is 3.86. The van der Waals surface area contributed by atoms with Crippen molar-refractivity contribution in [3.05, 3.63) is 41.6 Å². The molecular formula is C13H18N2. The van der Waals surface area contributed by atoms with Gasteiger partial charge in [0.1, 0.15) is 0 Å². The Morgan fingerprint density at radius 3 is 2.47 bits per heavy atom. The summed E-state index contributed by atoms with van der Waals surface area (Å²) in [6.45, 7) is 5.33. The maximum Gasteiger partial charge on any atom is 0.0846 e. The van der Waals surface area contributed by atoms with E-state index in [1.165, 1.54) is 16.8 Å². The molecule has 0 saturated heterocycles. The second-order valence-electron chi connectivity index (χ2n) is 4.41. The molecule has 2 N–H and O–H groups in total. The highest BCUT2D eigenvalue weighted by Gasteiger charge is 2.05. The first kappa shape index (κ1) is 10.1. The fourth-order valence-electron chi connectivity index (χ4n) is 1.83. The van der Waals surface area contributed by atoms with Crippen molar-refractivity contribution in [3.63, 3.8) is 0 Å². The van der Waals surface area contributed by atoms with Gasteiger partial charge in [-0.1, -0.05) is 38.1 Å². The van der Waals surface area contributed by atoms with Crippen LogP contribution in [0, 0.1) is 5.92 Å². The molecule has 0 bridgehead atoms. The molecule has 0 atom stereocenters. The average molecular weight is 202 g/mol. The van der Waals surface area contributed by atoms with Gasteiger partial charge >= 0.3 is 0 Å². The molecule has 0 saturated carbocycles. The predicted octanol–water partition coefficient (Wildman–Crippen LogP) is 2.33. The third-order valence-electron chi connectivity index (χ3n) is 2.54. The Hall–Kier alpha value is -1.44. The molecule has 2 rings (SSSR count). The molecule has 1 heterocycles. The zero-order chi connectivity index (χ0) is 10.7. The summed E-state index contributed by atoms with van der Waals surface area (Å²) in [6, 6.07) is 8.80. The molecule has 0 amide bonds. The third kappa shape index (κ3) is 2.52. The van der Waals surface area contributed by atoms with Crippen LogP contribution in [0.1, 0.15) is 25.0 Å². The van der Waals surface area contributed by atoms with E-state index in [0.717, 1.165) is 19.0 Å². The Labute approximate surface area is 91.4 Å².